The molecule has 3 aliphatic rings. The molecule has 9 aromatic rings. The molecular weight excluding hydrogens is 773 g/mol. The fraction of sp³-hybridized carbons (Fsp3) is 0.194. The Bertz CT molecular complexity index is 3310. The molecule has 0 saturated heterocycles. The molecule has 0 atom stereocenters. The number of rotatable bonds is 5. The summed E-state index contributed by atoms with van der Waals surface area (Å²) in [5.74, 6) is 0. The maximum Gasteiger partial charge on any atom is 0.0558 e. The second-order valence-electron chi connectivity index (χ2n) is 20.4. The molecule has 1 heterocycles. The monoisotopic (exact) mass is 826 g/mol. The lowest BCUT2D eigenvalue weighted by molar-refractivity contribution is 0.587. The Morgan fingerprint density at radius 1 is 0.547 bits per heavy atom. The zero-order chi connectivity index (χ0) is 43.7. The molecule has 312 valence electrons. The number of hydrogen-bond acceptors (Lipinski definition) is 1. The Morgan fingerprint density at radius 3 is 1.80 bits per heavy atom. The van der Waals surface area contributed by atoms with Crippen molar-refractivity contribution in [1.82, 2.24) is 4.57 Å². The summed E-state index contributed by atoms with van der Waals surface area (Å²) in [6.07, 6.45) is 6.76. The quantitative estimate of drug-likeness (QED) is 0.168. The lowest BCUT2D eigenvalue weighted by atomic mass is 9.71. The summed E-state index contributed by atoms with van der Waals surface area (Å²) >= 11 is 0. The largest absolute Gasteiger partial charge is 0.313 e. The molecule has 0 N–H and O–H groups in total. The minimum atomic E-state index is -0.291. The van der Waals surface area contributed by atoms with E-state index in [1.165, 1.54) is 106 Å². The lowest BCUT2D eigenvalue weighted by Gasteiger charge is -2.39. The van der Waals surface area contributed by atoms with Crippen LogP contribution in [0.2, 0.25) is 0 Å². The lowest BCUT2D eigenvalue weighted by Crippen LogP contribution is -2.27. The number of allylic oxidation sites excluding steroid dienone is 1. The van der Waals surface area contributed by atoms with Crippen LogP contribution in [0.3, 0.4) is 0 Å². The van der Waals surface area contributed by atoms with Gasteiger partial charge in [-0.2, -0.15) is 0 Å². The smallest absolute Gasteiger partial charge is 0.0558 e. The molecule has 3 aliphatic carbocycles. The van der Waals surface area contributed by atoms with E-state index in [4.69, 9.17) is 0 Å². The predicted molar refractivity (Wildman–Crippen MR) is 272 cm³/mol. The van der Waals surface area contributed by atoms with Crippen LogP contribution in [0.25, 0.3) is 66.8 Å². The van der Waals surface area contributed by atoms with Gasteiger partial charge >= 0.3 is 0 Å². The van der Waals surface area contributed by atoms with Gasteiger partial charge in [-0.15, -0.1) is 0 Å². The van der Waals surface area contributed by atoms with Crippen molar-refractivity contribution >= 4 is 44.8 Å². The van der Waals surface area contributed by atoms with Gasteiger partial charge in [-0.25, -0.2) is 0 Å². The zero-order valence-corrected chi connectivity index (χ0v) is 38.1. The number of benzene rings is 8. The highest BCUT2D eigenvalue weighted by molar-refractivity contribution is 6.05. The predicted octanol–water partition coefficient (Wildman–Crippen LogP) is 16.8. The molecule has 8 aromatic carbocycles. The molecule has 0 unspecified atom stereocenters. The van der Waals surface area contributed by atoms with E-state index in [-0.39, 0.29) is 16.2 Å². The molecule has 2 heteroatoms. The summed E-state index contributed by atoms with van der Waals surface area (Å²) in [6.45, 7) is 17.2. The Balaban J connectivity index is 1.22. The van der Waals surface area contributed by atoms with Gasteiger partial charge in [0.1, 0.15) is 0 Å². The van der Waals surface area contributed by atoms with E-state index in [1.807, 2.05) is 0 Å². The van der Waals surface area contributed by atoms with Crippen LogP contribution in [-0.2, 0) is 22.7 Å². The number of nitrogens with zero attached hydrogens (tertiary/aromatic N) is 2. The van der Waals surface area contributed by atoms with E-state index in [9.17, 15) is 0 Å². The van der Waals surface area contributed by atoms with Gasteiger partial charge in [-0.1, -0.05) is 188 Å². The van der Waals surface area contributed by atoms with Crippen molar-refractivity contribution in [3.63, 3.8) is 0 Å². The molecule has 0 amide bonds. The van der Waals surface area contributed by atoms with Crippen molar-refractivity contribution in [2.75, 3.05) is 4.90 Å². The molecule has 0 aliphatic heterocycles. The van der Waals surface area contributed by atoms with Crippen molar-refractivity contribution in [3.8, 4) is 39.1 Å². The topological polar surface area (TPSA) is 8.17 Å². The van der Waals surface area contributed by atoms with E-state index < -0.39 is 0 Å². The Kier molecular flexibility index (Phi) is 8.35. The molecule has 2 nitrogen and oxygen atoms in total. The van der Waals surface area contributed by atoms with Gasteiger partial charge in [0.25, 0.3) is 0 Å². The highest BCUT2D eigenvalue weighted by Crippen LogP contribution is 2.65. The maximum absolute atomic E-state index is 2.66. The first-order valence-corrected chi connectivity index (χ1v) is 23.2. The van der Waals surface area contributed by atoms with E-state index in [2.05, 4.69) is 234 Å². The van der Waals surface area contributed by atoms with Crippen LogP contribution in [0, 0.1) is 0 Å². The minimum absolute atomic E-state index is 0.138. The summed E-state index contributed by atoms with van der Waals surface area (Å²) in [4.78, 5) is 2.66. The van der Waals surface area contributed by atoms with Gasteiger partial charge in [-0.3, -0.25) is 0 Å². The molecule has 12 rings (SSSR count). The Labute approximate surface area is 378 Å². The molecule has 0 bridgehead atoms. The van der Waals surface area contributed by atoms with Gasteiger partial charge in [0, 0.05) is 44.5 Å². The standard InChI is InChI=1S/C62H54N2/c1-60(2,3)56-54-48-26-13-16-29-50(48)61(4,5)57(54)59(58-55(56)49-27-14-17-30-51(49)62(58,6)7)63(42-34-32-40(33-35-42)45-28-19-21-39-20-11-12-24-44(39)45)43-36-37-47-46-25-15-18-31-52(46)64(53(47)38-43)41-22-9-8-10-23-41/h8-17,19-30,32-38H,18,31H2,1-7H3. The molecule has 0 spiro atoms. The van der Waals surface area contributed by atoms with E-state index >= 15 is 0 Å². The molecule has 1 aromatic heterocycles. The van der Waals surface area contributed by atoms with Gasteiger partial charge in [0.2, 0.25) is 0 Å². The number of fused-ring (bicyclic) bond motifs is 10. The second kappa shape index (κ2) is 13.8. The van der Waals surface area contributed by atoms with Crippen molar-refractivity contribution in [1.29, 1.82) is 0 Å². The first-order valence-electron chi connectivity index (χ1n) is 23.2. The van der Waals surface area contributed by atoms with Gasteiger partial charge in [0.05, 0.1) is 11.2 Å². The molecule has 64 heavy (non-hydrogen) atoms. The highest BCUT2D eigenvalue weighted by Gasteiger charge is 2.50. The van der Waals surface area contributed by atoms with Crippen LogP contribution in [0.1, 0.15) is 94.0 Å². The number of para-hydroxylation sites is 1. The minimum Gasteiger partial charge on any atom is -0.313 e. The second-order valence-corrected chi connectivity index (χ2v) is 20.4. The molecule has 0 fully saturated rings. The van der Waals surface area contributed by atoms with Crippen LogP contribution in [0.5, 0.6) is 0 Å². The number of hydrogen-bond donors (Lipinski definition) is 0. The Hall–Kier alpha value is -6.90. The first-order chi connectivity index (χ1) is 30.9. The summed E-state index contributed by atoms with van der Waals surface area (Å²) in [5, 5.41) is 3.82. The summed E-state index contributed by atoms with van der Waals surface area (Å²) in [6, 6.07) is 61.7. The average Bonchev–Trinajstić information content (AvgIpc) is 3.85. The first kappa shape index (κ1) is 38.7. The van der Waals surface area contributed by atoms with E-state index in [0.29, 0.717) is 0 Å². The third kappa shape index (κ3) is 5.44. The third-order valence-electron chi connectivity index (χ3n) is 14.9. The van der Waals surface area contributed by atoms with Crippen molar-refractivity contribution < 1.29 is 0 Å². The summed E-state index contributed by atoms with van der Waals surface area (Å²) in [5.41, 5.74) is 23.1. The van der Waals surface area contributed by atoms with Gasteiger partial charge in [0.15, 0.2) is 0 Å². The molecular formula is C62H54N2. The van der Waals surface area contributed by atoms with Crippen LogP contribution in [-0.4, -0.2) is 4.57 Å². The normalized spacial score (nSPS) is 15.2. The fourth-order valence-electron chi connectivity index (χ4n) is 12.1. The highest BCUT2D eigenvalue weighted by atomic mass is 15.2. The van der Waals surface area contributed by atoms with E-state index in [0.717, 1.165) is 24.2 Å². The fourth-order valence-corrected chi connectivity index (χ4v) is 12.1. The third-order valence-corrected chi connectivity index (χ3v) is 14.9. The van der Waals surface area contributed by atoms with Crippen molar-refractivity contribution in [2.24, 2.45) is 0 Å². The van der Waals surface area contributed by atoms with Crippen LogP contribution in [0.15, 0.2) is 170 Å². The van der Waals surface area contributed by atoms with Gasteiger partial charge in [-0.05, 0) is 127 Å². The zero-order valence-electron chi connectivity index (χ0n) is 38.1. The Morgan fingerprint density at radius 2 is 1.12 bits per heavy atom. The average molecular weight is 827 g/mol. The number of anilines is 3. The van der Waals surface area contributed by atoms with Crippen molar-refractivity contribution in [2.45, 2.75) is 77.6 Å². The van der Waals surface area contributed by atoms with Crippen LogP contribution >= 0.6 is 0 Å². The summed E-state index contributed by atoms with van der Waals surface area (Å²) in [7, 11) is 0. The number of aromatic nitrogens is 1. The summed E-state index contributed by atoms with van der Waals surface area (Å²) < 4.78 is 2.54. The van der Waals surface area contributed by atoms with Gasteiger partial charge < -0.3 is 9.47 Å². The molecule has 0 saturated carbocycles. The van der Waals surface area contributed by atoms with E-state index in [1.54, 1.807) is 0 Å². The maximum atomic E-state index is 2.66. The van der Waals surface area contributed by atoms with Crippen molar-refractivity contribution in [3.05, 3.63) is 209 Å². The SMILES string of the molecule is CC(C)(C)c1c2c(c(N(c3ccc(-c4cccc5ccccc45)cc3)c3ccc4c5c(n(-c6ccccc6)c4c3)CCC=C5)c3c1-c1ccccc1C3(C)C)C(C)(C)c1ccccc1-2. The van der Waals surface area contributed by atoms with Crippen LogP contribution < -0.4 is 4.90 Å². The molecule has 0 radical (unpaired) electrons. The van der Waals surface area contributed by atoms with Crippen LogP contribution in [0.4, 0.5) is 17.1 Å².